The molecule has 0 bridgehead atoms. The van der Waals surface area contributed by atoms with Crippen LogP contribution in [0.4, 0.5) is 0 Å². The first-order valence-corrected chi connectivity index (χ1v) is 6.15. The summed E-state index contributed by atoms with van der Waals surface area (Å²) in [7, 11) is 3.48. The Hall–Kier alpha value is -1.46. The lowest BCUT2D eigenvalue weighted by Crippen LogP contribution is -2.33. The third kappa shape index (κ3) is 3.05. The quantitative estimate of drug-likeness (QED) is 0.795. The molecule has 1 aromatic heterocycles. The summed E-state index contributed by atoms with van der Waals surface area (Å²) in [5, 5.41) is 3.35. The molecule has 0 saturated carbocycles. The predicted molar refractivity (Wildman–Crippen MR) is 68.3 cm³/mol. The van der Waals surface area contributed by atoms with Gasteiger partial charge in [0.1, 0.15) is 0 Å². The van der Waals surface area contributed by atoms with E-state index in [2.05, 4.69) is 27.0 Å². The number of rotatable bonds is 4. The van der Waals surface area contributed by atoms with Crippen LogP contribution in [-0.4, -0.2) is 49.1 Å². The van der Waals surface area contributed by atoms with Gasteiger partial charge in [-0.15, -0.1) is 0 Å². The van der Waals surface area contributed by atoms with Crippen molar-refractivity contribution in [3.63, 3.8) is 0 Å². The Morgan fingerprint density at radius 3 is 3.00 bits per heavy atom. The number of likely N-dealkylation sites (N-methyl/N-ethyl adjacent to an activating group) is 1. The van der Waals surface area contributed by atoms with E-state index < -0.39 is 0 Å². The van der Waals surface area contributed by atoms with E-state index >= 15 is 0 Å². The van der Waals surface area contributed by atoms with Gasteiger partial charge in [0.05, 0.1) is 18.4 Å². The molecule has 98 valence electrons. The molecule has 1 saturated heterocycles. The Kier molecular flexibility index (Phi) is 4.28. The zero-order valence-corrected chi connectivity index (χ0v) is 10.8. The van der Waals surface area contributed by atoms with E-state index in [0.29, 0.717) is 11.6 Å². The Bertz CT molecular complexity index is 399. The summed E-state index contributed by atoms with van der Waals surface area (Å²) < 4.78 is 4.64. The topological polar surface area (TPSA) is 54.5 Å². The summed E-state index contributed by atoms with van der Waals surface area (Å²) in [6.45, 7) is 2.92. The number of carbonyl (C=O) groups excluding carboxylic acids is 1. The van der Waals surface area contributed by atoms with Crippen LogP contribution >= 0.6 is 0 Å². The molecule has 1 atom stereocenters. The van der Waals surface area contributed by atoms with E-state index in [1.165, 1.54) is 13.5 Å². The van der Waals surface area contributed by atoms with E-state index in [4.69, 9.17) is 0 Å². The van der Waals surface area contributed by atoms with Gasteiger partial charge in [-0.05, 0) is 32.1 Å². The van der Waals surface area contributed by atoms with Crippen molar-refractivity contribution >= 4 is 5.97 Å². The van der Waals surface area contributed by atoms with Gasteiger partial charge < -0.3 is 10.1 Å². The van der Waals surface area contributed by atoms with Crippen LogP contribution in [0.5, 0.6) is 0 Å². The Morgan fingerprint density at radius 2 is 2.44 bits per heavy atom. The van der Waals surface area contributed by atoms with Crippen LogP contribution in [0, 0.1) is 0 Å². The molecule has 2 rings (SSSR count). The van der Waals surface area contributed by atoms with Crippen molar-refractivity contribution in [1.29, 1.82) is 0 Å². The van der Waals surface area contributed by atoms with Gasteiger partial charge in [-0.3, -0.25) is 9.88 Å². The third-order valence-electron chi connectivity index (χ3n) is 3.31. The van der Waals surface area contributed by atoms with Crippen molar-refractivity contribution in [3.05, 3.63) is 29.6 Å². The fraction of sp³-hybridized carbons (Fsp3) is 0.538. The van der Waals surface area contributed by atoms with Gasteiger partial charge in [-0.1, -0.05) is 0 Å². The fourth-order valence-electron chi connectivity index (χ4n) is 2.16. The minimum absolute atomic E-state index is 0.345. The standard InChI is InChI=1S/C13H19N3O2/c1-16(12-5-6-14-8-12)9-11-4-3-10(7-15-11)13(17)18-2/h3-4,7,12,14H,5-6,8-9H2,1-2H3. The van der Waals surface area contributed by atoms with Gasteiger partial charge in [0, 0.05) is 25.3 Å². The molecule has 1 aliphatic heterocycles. The van der Waals surface area contributed by atoms with Crippen LogP contribution in [-0.2, 0) is 11.3 Å². The molecule has 0 aliphatic carbocycles. The maximum Gasteiger partial charge on any atom is 0.339 e. The number of ether oxygens (including phenoxy) is 1. The molecular formula is C13H19N3O2. The van der Waals surface area contributed by atoms with Crippen molar-refractivity contribution in [2.75, 3.05) is 27.2 Å². The van der Waals surface area contributed by atoms with Crippen LogP contribution in [0.3, 0.4) is 0 Å². The summed E-state index contributed by atoms with van der Waals surface area (Å²) in [6, 6.07) is 4.21. The highest BCUT2D eigenvalue weighted by Gasteiger charge is 2.19. The average Bonchev–Trinajstić information content (AvgIpc) is 2.92. The summed E-state index contributed by atoms with van der Waals surface area (Å²) in [6.07, 6.45) is 2.75. The lowest BCUT2D eigenvalue weighted by atomic mass is 10.2. The number of nitrogens with zero attached hydrogens (tertiary/aromatic N) is 2. The predicted octanol–water partition coefficient (Wildman–Crippen LogP) is 0.662. The zero-order valence-electron chi connectivity index (χ0n) is 10.8. The van der Waals surface area contributed by atoms with E-state index in [1.54, 1.807) is 12.3 Å². The minimum atomic E-state index is -0.345. The largest absolute Gasteiger partial charge is 0.465 e. The van der Waals surface area contributed by atoms with Crippen molar-refractivity contribution in [1.82, 2.24) is 15.2 Å². The number of aromatic nitrogens is 1. The van der Waals surface area contributed by atoms with Gasteiger partial charge >= 0.3 is 5.97 Å². The monoisotopic (exact) mass is 249 g/mol. The summed E-state index contributed by atoms with van der Waals surface area (Å²) in [4.78, 5) is 17.9. The van der Waals surface area contributed by atoms with Crippen LogP contribution in [0.15, 0.2) is 18.3 Å². The van der Waals surface area contributed by atoms with Crippen LogP contribution in [0.2, 0.25) is 0 Å². The summed E-state index contributed by atoms with van der Waals surface area (Å²) in [5.41, 5.74) is 1.46. The van der Waals surface area contributed by atoms with Crippen LogP contribution in [0.1, 0.15) is 22.5 Å². The second-order valence-electron chi connectivity index (χ2n) is 4.59. The second kappa shape index (κ2) is 5.93. The number of methoxy groups -OCH3 is 1. The number of nitrogens with one attached hydrogen (secondary N) is 1. The first-order valence-electron chi connectivity index (χ1n) is 6.15. The van der Waals surface area contributed by atoms with E-state index in [1.807, 2.05) is 6.07 Å². The molecule has 1 fully saturated rings. The Balaban J connectivity index is 1.95. The highest BCUT2D eigenvalue weighted by Crippen LogP contribution is 2.10. The van der Waals surface area contributed by atoms with Crippen LogP contribution < -0.4 is 5.32 Å². The highest BCUT2D eigenvalue weighted by atomic mass is 16.5. The van der Waals surface area contributed by atoms with Crippen LogP contribution in [0.25, 0.3) is 0 Å². The smallest absolute Gasteiger partial charge is 0.339 e. The van der Waals surface area contributed by atoms with E-state index in [0.717, 1.165) is 25.3 Å². The third-order valence-corrected chi connectivity index (χ3v) is 3.31. The molecule has 0 spiro atoms. The van der Waals surface area contributed by atoms with Crippen molar-refractivity contribution in [3.8, 4) is 0 Å². The lowest BCUT2D eigenvalue weighted by molar-refractivity contribution is 0.0600. The average molecular weight is 249 g/mol. The zero-order chi connectivity index (χ0) is 13.0. The maximum absolute atomic E-state index is 11.3. The number of pyridine rings is 1. The van der Waals surface area contributed by atoms with Gasteiger partial charge in [-0.25, -0.2) is 4.79 Å². The summed E-state index contributed by atoms with van der Waals surface area (Å²) in [5.74, 6) is -0.345. The number of carbonyl (C=O) groups is 1. The first-order chi connectivity index (χ1) is 8.70. The van der Waals surface area contributed by atoms with Crippen molar-refractivity contribution in [2.45, 2.75) is 19.0 Å². The summed E-state index contributed by atoms with van der Waals surface area (Å²) >= 11 is 0. The highest BCUT2D eigenvalue weighted by molar-refractivity contribution is 5.88. The molecule has 5 heteroatoms. The van der Waals surface area contributed by atoms with Crippen molar-refractivity contribution < 1.29 is 9.53 Å². The molecule has 0 aromatic carbocycles. The van der Waals surface area contributed by atoms with Gasteiger partial charge in [0.15, 0.2) is 0 Å². The normalized spacial score (nSPS) is 19.2. The van der Waals surface area contributed by atoms with Gasteiger partial charge in [0.2, 0.25) is 0 Å². The minimum Gasteiger partial charge on any atom is -0.465 e. The molecule has 0 amide bonds. The van der Waals surface area contributed by atoms with Gasteiger partial charge in [-0.2, -0.15) is 0 Å². The SMILES string of the molecule is COC(=O)c1ccc(CN(C)C2CCNC2)nc1. The number of esters is 1. The van der Waals surface area contributed by atoms with Crippen molar-refractivity contribution in [2.24, 2.45) is 0 Å². The molecule has 1 aromatic rings. The Morgan fingerprint density at radius 1 is 1.61 bits per heavy atom. The second-order valence-corrected chi connectivity index (χ2v) is 4.59. The van der Waals surface area contributed by atoms with E-state index in [-0.39, 0.29) is 5.97 Å². The fourth-order valence-corrected chi connectivity index (χ4v) is 2.16. The molecular weight excluding hydrogens is 230 g/mol. The maximum atomic E-state index is 11.3. The first kappa shape index (κ1) is 13.0. The molecule has 0 radical (unpaired) electrons. The van der Waals surface area contributed by atoms with Gasteiger partial charge in [0.25, 0.3) is 0 Å². The number of hydrogen-bond acceptors (Lipinski definition) is 5. The molecule has 1 unspecified atom stereocenters. The molecule has 18 heavy (non-hydrogen) atoms. The molecule has 5 nitrogen and oxygen atoms in total. The Labute approximate surface area is 107 Å². The number of hydrogen-bond donors (Lipinski definition) is 1. The lowest BCUT2D eigenvalue weighted by Gasteiger charge is -2.22. The van der Waals surface area contributed by atoms with E-state index in [9.17, 15) is 4.79 Å². The molecule has 1 N–H and O–H groups in total. The molecule has 2 heterocycles. The molecule has 1 aliphatic rings.